The summed E-state index contributed by atoms with van der Waals surface area (Å²) in [5.41, 5.74) is 1.74. The zero-order chi connectivity index (χ0) is 16.2. The van der Waals surface area contributed by atoms with Crippen LogP contribution in [0.15, 0.2) is 60.7 Å². The van der Waals surface area contributed by atoms with Crippen molar-refractivity contribution in [3.63, 3.8) is 0 Å². The van der Waals surface area contributed by atoms with Gasteiger partial charge >= 0.3 is 0 Å². The number of hydrogen-bond donors (Lipinski definition) is 0. The normalized spacial score (nSPS) is 17.3. The van der Waals surface area contributed by atoms with Crippen molar-refractivity contribution in [2.75, 3.05) is 22.9 Å². The summed E-state index contributed by atoms with van der Waals surface area (Å²) >= 11 is 0. The van der Waals surface area contributed by atoms with Crippen LogP contribution in [-0.2, 0) is 9.59 Å². The van der Waals surface area contributed by atoms with Gasteiger partial charge in [0, 0.05) is 30.9 Å². The predicted molar refractivity (Wildman–Crippen MR) is 91.4 cm³/mol. The van der Waals surface area contributed by atoms with E-state index in [1.54, 1.807) is 9.80 Å². The second kappa shape index (κ2) is 6.65. The standard InChI is InChI=1S/C19H20N2O2/c1-2-20(16-9-5-3-6-10-16)19(23)15-13-18(22)21(14-15)17-11-7-4-8-12-17/h3-12,15H,2,13-14H2,1H3. The van der Waals surface area contributed by atoms with E-state index in [-0.39, 0.29) is 24.2 Å². The number of para-hydroxylation sites is 2. The summed E-state index contributed by atoms with van der Waals surface area (Å²) in [4.78, 5) is 28.6. The average molecular weight is 308 g/mol. The molecule has 0 radical (unpaired) electrons. The largest absolute Gasteiger partial charge is 0.312 e. The molecule has 2 aromatic carbocycles. The number of carbonyl (C=O) groups excluding carboxylic acids is 2. The van der Waals surface area contributed by atoms with Crippen molar-refractivity contribution in [1.29, 1.82) is 0 Å². The third-order valence-electron chi connectivity index (χ3n) is 4.19. The fraction of sp³-hybridized carbons (Fsp3) is 0.263. The molecule has 0 saturated carbocycles. The molecule has 0 N–H and O–H groups in total. The summed E-state index contributed by atoms with van der Waals surface area (Å²) in [6.45, 7) is 3.00. The number of benzene rings is 2. The van der Waals surface area contributed by atoms with Gasteiger partial charge in [-0.1, -0.05) is 36.4 Å². The maximum atomic E-state index is 12.8. The van der Waals surface area contributed by atoms with Gasteiger partial charge in [0.1, 0.15) is 0 Å². The lowest BCUT2D eigenvalue weighted by Gasteiger charge is -2.24. The quantitative estimate of drug-likeness (QED) is 0.871. The first-order chi connectivity index (χ1) is 11.2. The highest BCUT2D eigenvalue weighted by atomic mass is 16.2. The fourth-order valence-corrected chi connectivity index (χ4v) is 3.02. The molecule has 0 bridgehead atoms. The second-order valence-electron chi connectivity index (χ2n) is 5.66. The zero-order valence-electron chi connectivity index (χ0n) is 13.2. The SMILES string of the molecule is CCN(C(=O)C1CC(=O)N(c2ccccc2)C1)c1ccccc1. The smallest absolute Gasteiger partial charge is 0.232 e. The number of anilines is 2. The average Bonchev–Trinajstić information content (AvgIpc) is 2.99. The number of carbonyl (C=O) groups is 2. The van der Waals surface area contributed by atoms with E-state index in [9.17, 15) is 9.59 Å². The van der Waals surface area contributed by atoms with Crippen molar-refractivity contribution in [3.8, 4) is 0 Å². The third-order valence-corrected chi connectivity index (χ3v) is 4.19. The predicted octanol–water partition coefficient (Wildman–Crippen LogP) is 3.09. The van der Waals surface area contributed by atoms with E-state index in [2.05, 4.69) is 0 Å². The van der Waals surface area contributed by atoms with Crippen molar-refractivity contribution < 1.29 is 9.59 Å². The molecule has 0 spiro atoms. The second-order valence-corrected chi connectivity index (χ2v) is 5.66. The van der Waals surface area contributed by atoms with Gasteiger partial charge in [-0.05, 0) is 31.2 Å². The molecular formula is C19H20N2O2. The maximum Gasteiger partial charge on any atom is 0.232 e. The molecular weight excluding hydrogens is 288 g/mol. The van der Waals surface area contributed by atoms with E-state index < -0.39 is 0 Å². The highest BCUT2D eigenvalue weighted by Gasteiger charge is 2.37. The number of nitrogens with zero attached hydrogens (tertiary/aromatic N) is 2. The Balaban J connectivity index is 1.77. The lowest BCUT2D eigenvalue weighted by molar-refractivity contribution is -0.124. The Labute approximate surface area is 136 Å². The van der Waals surface area contributed by atoms with E-state index in [1.165, 1.54) is 0 Å². The lowest BCUT2D eigenvalue weighted by atomic mass is 10.1. The Morgan fingerprint density at radius 3 is 2.30 bits per heavy atom. The van der Waals surface area contributed by atoms with Gasteiger partial charge in [-0.15, -0.1) is 0 Å². The van der Waals surface area contributed by atoms with Crippen molar-refractivity contribution >= 4 is 23.2 Å². The summed E-state index contributed by atoms with van der Waals surface area (Å²) in [5, 5.41) is 0. The van der Waals surface area contributed by atoms with Gasteiger partial charge in [0.2, 0.25) is 11.8 Å². The van der Waals surface area contributed by atoms with Crippen molar-refractivity contribution in [2.24, 2.45) is 5.92 Å². The van der Waals surface area contributed by atoms with E-state index in [0.717, 1.165) is 11.4 Å². The first-order valence-electron chi connectivity index (χ1n) is 7.92. The molecule has 4 heteroatoms. The molecule has 3 rings (SSSR count). The molecule has 23 heavy (non-hydrogen) atoms. The Bertz CT molecular complexity index is 685. The van der Waals surface area contributed by atoms with Gasteiger partial charge in [0.25, 0.3) is 0 Å². The van der Waals surface area contributed by atoms with E-state index >= 15 is 0 Å². The van der Waals surface area contributed by atoms with Gasteiger partial charge in [0.05, 0.1) is 5.92 Å². The van der Waals surface area contributed by atoms with E-state index in [4.69, 9.17) is 0 Å². The summed E-state index contributed by atoms with van der Waals surface area (Å²) in [7, 11) is 0. The minimum absolute atomic E-state index is 0.0127. The summed E-state index contributed by atoms with van der Waals surface area (Å²) < 4.78 is 0. The van der Waals surface area contributed by atoms with Crippen LogP contribution in [0.4, 0.5) is 11.4 Å². The topological polar surface area (TPSA) is 40.6 Å². The van der Waals surface area contributed by atoms with Crippen LogP contribution in [0.3, 0.4) is 0 Å². The molecule has 4 nitrogen and oxygen atoms in total. The fourth-order valence-electron chi connectivity index (χ4n) is 3.02. The third kappa shape index (κ3) is 3.11. The maximum absolute atomic E-state index is 12.8. The van der Waals surface area contributed by atoms with Crippen LogP contribution in [0.5, 0.6) is 0 Å². The highest BCUT2D eigenvalue weighted by molar-refractivity contribution is 6.04. The Morgan fingerprint density at radius 2 is 1.70 bits per heavy atom. The van der Waals surface area contributed by atoms with Gasteiger partial charge < -0.3 is 9.80 Å². The zero-order valence-corrected chi connectivity index (χ0v) is 13.2. The molecule has 1 heterocycles. The Morgan fingerprint density at radius 1 is 1.09 bits per heavy atom. The van der Waals surface area contributed by atoms with Crippen LogP contribution in [0.2, 0.25) is 0 Å². The summed E-state index contributed by atoms with van der Waals surface area (Å²) in [5.74, 6) is -0.257. The lowest BCUT2D eigenvalue weighted by Crippen LogP contribution is -2.37. The van der Waals surface area contributed by atoms with Gasteiger partial charge in [-0.3, -0.25) is 9.59 Å². The molecule has 0 aromatic heterocycles. The Hall–Kier alpha value is -2.62. The first-order valence-corrected chi connectivity index (χ1v) is 7.92. The molecule has 1 aliphatic rings. The van der Waals surface area contributed by atoms with Crippen LogP contribution in [0.1, 0.15) is 13.3 Å². The van der Waals surface area contributed by atoms with Crippen LogP contribution < -0.4 is 9.80 Å². The molecule has 0 aliphatic carbocycles. The number of hydrogen-bond acceptors (Lipinski definition) is 2. The molecule has 2 aromatic rings. The molecule has 1 atom stereocenters. The van der Waals surface area contributed by atoms with Crippen molar-refractivity contribution in [1.82, 2.24) is 0 Å². The van der Waals surface area contributed by atoms with Crippen LogP contribution >= 0.6 is 0 Å². The Kier molecular flexibility index (Phi) is 4.42. The molecule has 118 valence electrons. The first kappa shape index (κ1) is 15.3. The molecule has 1 unspecified atom stereocenters. The van der Waals surface area contributed by atoms with E-state index in [1.807, 2.05) is 67.6 Å². The number of amides is 2. The highest BCUT2D eigenvalue weighted by Crippen LogP contribution is 2.27. The monoisotopic (exact) mass is 308 g/mol. The minimum Gasteiger partial charge on any atom is -0.312 e. The van der Waals surface area contributed by atoms with Crippen LogP contribution in [-0.4, -0.2) is 24.9 Å². The minimum atomic E-state index is -0.289. The van der Waals surface area contributed by atoms with Gasteiger partial charge in [-0.2, -0.15) is 0 Å². The molecule has 2 amide bonds. The van der Waals surface area contributed by atoms with E-state index in [0.29, 0.717) is 13.1 Å². The van der Waals surface area contributed by atoms with Crippen molar-refractivity contribution in [2.45, 2.75) is 13.3 Å². The summed E-state index contributed by atoms with van der Waals surface area (Å²) in [6.07, 6.45) is 0.275. The van der Waals surface area contributed by atoms with Crippen LogP contribution in [0.25, 0.3) is 0 Å². The van der Waals surface area contributed by atoms with Crippen LogP contribution in [0, 0.1) is 5.92 Å². The van der Waals surface area contributed by atoms with Gasteiger partial charge in [0.15, 0.2) is 0 Å². The number of rotatable bonds is 4. The van der Waals surface area contributed by atoms with Gasteiger partial charge in [-0.25, -0.2) is 0 Å². The van der Waals surface area contributed by atoms with Crippen molar-refractivity contribution in [3.05, 3.63) is 60.7 Å². The summed E-state index contributed by atoms with van der Waals surface area (Å²) in [6, 6.07) is 19.1. The molecule has 1 fully saturated rings. The molecule has 1 aliphatic heterocycles. The molecule has 1 saturated heterocycles.